The van der Waals surface area contributed by atoms with Crippen LogP contribution in [0.15, 0.2) is 24.3 Å². The second kappa shape index (κ2) is 4.23. The lowest BCUT2D eigenvalue weighted by Crippen LogP contribution is -2.42. The molecule has 0 bridgehead atoms. The van der Waals surface area contributed by atoms with Crippen LogP contribution in [0, 0.1) is 0 Å². The third-order valence-corrected chi connectivity index (χ3v) is 2.87. The number of hydrogen-bond donors (Lipinski definition) is 0. The number of benzene rings is 1. The van der Waals surface area contributed by atoms with Gasteiger partial charge in [0.15, 0.2) is 0 Å². The zero-order chi connectivity index (χ0) is 10.7. The molecule has 2 heteroatoms. The van der Waals surface area contributed by atoms with Gasteiger partial charge in [-0.15, -0.1) is 0 Å². The fourth-order valence-corrected chi connectivity index (χ4v) is 1.93. The summed E-state index contributed by atoms with van der Waals surface area (Å²) < 4.78 is 11.1. The van der Waals surface area contributed by atoms with Gasteiger partial charge in [-0.2, -0.15) is 0 Å². The lowest BCUT2D eigenvalue weighted by Gasteiger charge is -2.38. The minimum absolute atomic E-state index is 0.0604. The second-order valence-corrected chi connectivity index (χ2v) is 4.31. The third kappa shape index (κ3) is 2.51. The van der Waals surface area contributed by atoms with Crippen molar-refractivity contribution < 1.29 is 9.47 Å². The summed E-state index contributed by atoms with van der Waals surface area (Å²) in [5.41, 5.74) is 1.35. The molecule has 0 N–H and O–H groups in total. The lowest BCUT2D eigenvalue weighted by molar-refractivity contribution is -0.132. The predicted octanol–water partition coefficient (Wildman–Crippen LogP) is 2.81. The monoisotopic (exact) mass is 206 g/mol. The van der Waals surface area contributed by atoms with Crippen molar-refractivity contribution in [1.82, 2.24) is 0 Å². The molecule has 1 aliphatic rings. The smallest absolute Gasteiger partial charge is 0.119 e. The van der Waals surface area contributed by atoms with Crippen LogP contribution in [0.1, 0.15) is 25.8 Å². The molecule has 0 spiro atoms. The summed E-state index contributed by atoms with van der Waals surface area (Å²) in [5, 5.41) is 0. The van der Waals surface area contributed by atoms with E-state index in [-0.39, 0.29) is 5.60 Å². The van der Waals surface area contributed by atoms with Gasteiger partial charge in [0, 0.05) is 6.42 Å². The summed E-state index contributed by atoms with van der Waals surface area (Å²) in [6, 6.07) is 8.28. The highest BCUT2D eigenvalue weighted by Crippen LogP contribution is 2.30. The highest BCUT2D eigenvalue weighted by Gasteiger charge is 2.32. The molecule has 82 valence electrons. The number of rotatable bonds is 4. The molecule has 0 aliphatic carbocycles. The molecule has 0 amide bonds. The van der Waals surface area contributed by atoms with Crippen molar-refractivity contribution in [3.8, 4) is 5.75 Å². The van der Waals surface area contributed by atoms with E-state index in [1.54, 1.807) is 0 Å². The van der Waals surface area contributed by atoms with Gasteiger partial charge in [-0.05, 0) is 38.0 Å². The van der Waals surface area contributed by atoms with E-state index < -0.39 is 0 Å². The average Bonchev–Trinajstić information content (AvgIpc) is 2.16. The molecule has 1 atom stereocenters. The molecule has 0 radical (unpaired) electrons. The van der Waals surface area contributed by atoms with Gasteiger partial charge in [-0.25, -0.2) is 0 Å². The zero-order valence-electron chi connectivity index (χ0n) is 9.45. The van der Waals surface area contributed by atoms with Crippen LogP contribution in [-0.2, 0) is 11.2 Å². The first-order valence-electron chi connectivity index (χ1n) is 5.57. The van der Waals surface area contributed by atoms with E-state index in [0.717, 1.165) is 31.8 Å². The first-order valence-corrected chi connectivity index (χ1v) is 5.57. The Labute approximate surface area is 91.2 Å². The van der Waals surface area contributed by atoms with Crippen molar-refractivity contribution >= 4 is 0 Å². The SMILES string of the molecule is CCOc1cccc(CC2(C)CCO2)c1. The molecule has 1 fully saturated rings. The summed E-state index contributed by atoms with van der Waals surface area (Å²) in [5.74, 6) is 0.956. The molecule has 1 unspecified atom stereocenters. The Morgan fingerprint density at radius 2 is 2.27 bits per heavy atom. The fraction of sp³-hybridized carbons (Fsp3) is 0.538. The highest BCUT2D eigenvalue weighted by atomic mass is 16.5. The Morgan fingerprint density at radius 3 is 2.87 bits per heavy atom. The van der Waals surface area contributed by atoms with Gasteiger partial charge < -0.3 is 9.47 Å². The summed E-state index contributed by atoms with van der Waals surface area (Å²) in [6.45, 7) is 5.80. The van der Waals surface area contributed by atoms with E-state index in [2.05, 4.69) is 19.1 Å². The van der Waals surface area contributed by atoms with Crippen LogP contribution in [0.3, 0.4) is 0 Å². The van der Waals surface area contributed by atoms with Crippen LogP contribution >= 0.6 is 0 Å². The van der Waals surface area contributed by atoms with E-state index in [0.29, 0.717) is 0 Å². The van der Waals surface area contributed by atoms with E-state index in [4.69, 9.17) is 9.47 Å². The number of ether oxygens (including phenoxy) is 2. The molecule has 0 aromatic heterocycles. The van der Waals surface area contributed by atoms with Crippen molar-refractivity contribution in [1.29, 1.82) is 0 Å². The molecule has 1 aromatic carbocycles. The highest BCUT2D eigenvalue weighted by molar-refractivity contribution is 5.29. The zero-order valence-corrected chi connectivity index (χ0v) is 9.45. The van der Waals surface area contributed by atoms with Crippen LogP contribution in [0.4, 0.5) is 0 Å². The molecule has 2 rings (SSSR count). The quantitative estimate of drug-likeness (QED) is 0.754. The van der Waals surface area contributed by atoms with Crippen LogP contribution < -0.4 is 4.74 Å². The topological polar surface area (TPSA) is 18.5 Å². The molecule has 1 aromatic rings. The molecule has 2 nitrogen and oxygen atoms in total. The predicted molar refractivity (Wildman–Crippen MR) is 60.3 cm³/mol. The van der Waals surface area contributed by atoms with Gasteiger partial charge in [0.25, 0.3) is 0 Å². The molecule has 1 saturated heterocycles. The van der Waals surface area contributed by atoms with Gasteiger partial charge in [-0.3, -0.25) is 0 Å². The largest absolute Gasteiger partial charge is 0.494 e. The van der Waals surface area contributed by atoms with E-state index in [9.17, 15) is 0 Å². The van der Waals surface area contributed by atoms with Gasteiger partial charge in [0.1, 0.15) is 5.75 Å². The second-order valence-electron chi connectivity index (χ2n) is 4.31. The van der Waals surface area contributed by atoms with E-state index in [1.165, 1.54) is 5.56 Å². The van der Waals surface area contributed by atoms with Crippen LogP contribution in [0.25, 0.3) is 0 Å². The Kier molecular flexibility index (Phi) is 2.96. The molecular formula is C13H18O2. The fourth-order valence-electron chi connectivity index (χ4n) is 1.93. The van der Waals surface area contributed by atoms with E-state index in [1.807, 2.05) is 19.1 Å². The first-order chi connectivity index (χ1) is 7.22. The Hall–Kier alpha value is -1.02. The van der Waals surface area contributed by atoms with Gasteiger partial charge in [-0.1, -0.05) is 12.1 Å². The Bertz CT molecular complexity index is 329. The van der Waals surface area contributed by atoms with Crippen LogP contribution in [0.2, 0.25) is 0 Å². The Balaban J connectivity index is 2.04. The van der Waals surface area contributed by atoms with Crippen LogP contribution in [-0.4, -0.2) is 18.8 Å². The molecular weight excluding hydrogens is 188 g/mol. The van der Waals surface area contributed by atoms with E-state index >= 15 is 0 Å². The van der Waals surface area contributed by atoms with Crippen molar-refractivity contribution in [2.45, 2.75) is 32.3 Å². The van der Waals surface area contributed by atoms with Crippen LogP contribution in [0.5, 0.6) is 5.75 Å². The van der Waals surface area contributed by atoms with Crippen molar-refractivity contribution in [2.75, 3.05) is 13.2 Å². The molecule has 1 heterocycles. The maximum Gasteiger partial charge on any atom is 0.119 e. The summed E-state index contributed by atoms with van der Waals surface area (Å²) in [4.78, 5) is 0. The molecule has 1 aliphatic heterocycles. The summed E-state index contributed by atoms with van der Waals surface area (Å²) in [6.07, 6.45) is 2.14. The van der Waals surface area contributed by atoms with Crippen molar-refractivity contribution in [3.63, 3.8) is 0 Å². The minimum Gasteiger partial charge on any atom is -0.494 e. The summed E-state index contributed by atoms with van der Waals surface area (Å²) in [7, 11) is 0. The van der Waals surface area contributed by atoms with Crippen molar-refractivity contribution in [2.24, 2.45) is 0 Å². The third-order valence-electron chi connectivity index (χ3n) is 2.87. The summed E-state index contributed by atoms with van der Waals surface area (Å²) >= 11 is 0. The lowest BCUT2D eigenvalue weighted by atomic mass is 9.89. The normalized spacial score (nSPS) is 24.7. The molecule has 15 heavy (non-hydrogen) atoms. The maximum absolute atomic E-state index is 5.58. The van der Waals surface area contributed by atoms with Crippen molar-refractivity contribution in [3.05, 3.63) is 29.8 Å². The maximum atomic E-state index is 5.58. The van der Waals surface area contributed by atoms with Gasteiger partial charge in [0.2, 0.25) is 0 Å². The first kappa shape index (κ1) is 10.5. The average molecular weight is 206 g/mol. The van der Waals surface area contributed by atoms with Gasteiger partial charge >= 0.3 is 0 Å². The van der Waals surface area contributed by atoms with Gasteiger partial charge in [0.05, 0.1) is 18.8 Å². The molecule has 0 saturated carbocycles. The minimum atomic E-state index is 0.0604. The Morgan fingerprint density at radius 1 is 1.47 bits per heavy atom. The standard InChI is InChI=1S/C13H18O2/c1-3-14-12-6-4-5-11(9-12)10-13(2)7-8-15-13/h4-6,9H,3,7-8,10H2,1-2H3. The number of hydrogen-bond acceptors (Lipinski definition) is 2.